The summed E-state index contributed by atoms with van der Waals surface area (Å²) < 4.78 is 10.7. The molecule has 0 amide bonds. The van der Waals surface area contributed by atoms with Crippen LogP contribution in [0.2, 0.25) is 0 Å². The van der Waals surface area contributed by atoms with E-state index in [9.17, 15) is 20.4 Å². The minimum absolute atomic E-state index is 0.0176. The Labute approximate surface area is 245 Å². The molecule has 1 fully saturated rings. The Kier molecular flexibility index (Phi) is 12.0. The van der Waals surface area contributed by atoms with Crippen LogP contribution in [-0.2, 0) is 6.42 Å². The van der Waals surface area contributed by atoms with Crippen LogP contribution in [0.4, 0.5) is 0 Å². The average molecular weight is 570 g/mol. The summed E-state index contributed by atoms with van der Waals surface area (Å²) in [6.45, 7) is 5.29. The van der Waals surface area contributed by atoms with Gasteiger partial charge in [0.2, 0.25) is 5.70 Å². The number of aliphatic imine (C=N–C) groups is 1. The Morgan fingerprint density at radius 3 is 2.76 bits per heavy atom. The number of aryl methyl sites for hydroxylation is 1. The smallest absolute Gasteiger partial charge is 0.207 e. The van der Waals surface area contributed by atoms with Crippen molar-refractivity contribution >= 4 is 6.21 Å². The van der Waals surface area contributed by atoms with Gasteiger partial charge in [0.1, 0.15) is 30.9 Å². The van der Waals surface area contributed by atoms with Crippen molar-refractivity contribution in [1.29, 1.82) is 0 Å². The topological polar surface area (TPSA) is 127 Å². The Morgan fingerprint density at radius 2 is 2.02 bits per heavy atom. The maximum Gasteiger partial charge on any atom is 0.207 e. The summed E-state index contributed by atoms with van der Waals surface area (Å²) in [5, 5.41) is 44.0. The molecule has 226 valence electrons. The molecule has 1 aliphatic carbocycles. The van der Waals surface area contributed by atoms with Crippen molar-refractivity contribution in [1.82, 2.24) is 5.32 Å². The number of ether oxygens (including phenoxy) is 2. The van der Waals surface area contributed by atoms with Crippen LogP contribution in [0.15, 0.2) is 46.6 Å². The van der Waals surface area contributed by atoms with Gasteiger partial charge in [0.15, 0.2) is 17.6 Å². The van der Waals surface area contributed by atoms with Crippen LogP contribution >= 0.6 is 0 Å². The highest BCUT2D eigenvalue weighted by Gasteiger charge is 2.39. The Morgan fingerprint density at radius 1 is 1.22 bits per heavy atom. The van der Waals surface area contributed by atoms with Crippen molar-refractivity contribution in [3.8, 4) is 11.5 Å². The summed E-state index contributed by atoms with van der Waals surface area (Å²) in [4.78, 5) is 4.51. The summed E-state index contributed by atoms with van der Waals surface area (Å²) in [6, 6.07) is 5.31. The molecule has 0 spiro atoms. The molecular formula is C33H49N2O6+. The first-order valence-corrected chi connectivity index (χ1v) is 15.4. The van der Waals surface area contributed by atoms with E-state index in [1.54, 1.807) is 13.0 Å². The fraction of sp³-hybridized carbons (Fsp3) is 0.606. The monoisotopic (exact) mass is 569 g/mol. The number of allylic oxidation sites excluding steroid dienone is 1. The number of hydrogen-bond donors (Lipinski definition) is 5. The van der Waals surface area contributed by atoms with Crippen molar-refractivity contribution < 1.29 is 29.9 Å². The number of aliphatic hydroxyl groups is 5. The van der Waals surface area contributed by atoms with Gasteiger partial charge in [-0.25, -0.2) is 0 Å². The van der Waals surface area contributed by atoms with Gasteiger partial charge in [-0.1, -0.05) is 32.3 Å². The van der Waals surface area contributed by atoms with Crippen LogP contribution in [0.1, 0.15) is 70.8 Å². The third-order valence-corrected chi connectivity index (χ3v) is 8.43. The molecule has 0 radical (unpaired) electrons. The van der Waals surface area contributed by atoms with Crippen LogP contribution in [0.25, 0.3) is 0 Å². The minimum Gasteiger partial charge on any atom is -0.504 e. The predicted molar refractivity (Wildman–Crippen MR) is 162 cm³/mol. The van der Waals surface area contributed by atoms with Gasteiger partial charge in [-0.05, 0) is 62.6 Å². The standard InChI is InChI=1S/C33H48N2O6/c1-3-4-9-32-26(20-36)15-27(41-32)12-10-23-11-13-30(38)33(14-23)40-21-31(39)29-16-25(18-35-29)28(19-34-17-22(2)37)24-7-5-6-8-24/h11,13-16,18,22,24,28,31-32,34,36-37,39,41H,3-10,12,17,19-21H2,1-2H3/p+1. The first kappa shape index (κ1) is 31.4. The summed E-state index contributed by atoms with van der Waals surface area (Å²) in [7, 11) is 0. The molecule has 3 aliphatic rings. The molecule has 4 atom stereocenters. The van der Waals surface area contributed by atoms with E-state index in [1.165, 1.54) is 25.7 Å². The van der Waals surface area contributed by atoms with Crippen molar-refractivity contribution in [2.45, 2.75) is 89.9 Å². The van der Waals surface area contributed by atoms with Gasteiger partial charge in [-0.3, -0.25) is 0 Å². The number of rotatable bonds is 17. The number of unbranched alkanes of at least 4 members (excludes halogenated alkanes) is 1. The number of phenols is 1. The fourth-order valence-corrected chi connectivity index (χ4v) is 6.07. The lowest BCUT2D eigenvalue weighted by atomic mass is 9.81. The SMILES string of the molecule is CCCCC1[OH+][C-](CCc2ccc(O)c(OCC(O)C3=C[C+](C(CNCC(C)O)C4CCCC4)C=N3)c2)C=C1CO. The molecule has 8 heteroatoms. The lowest BCUT2D eigenvalue weighted by Crippen LogP contribution is -2.35. The highest BCUT2D eigenvalue weighted by Crippen LogP contribution is 2.38. The second kappa shape index (κ2) is 15.7. The molecule has 41 heavy (non-hydrogen) atoms. The summed E-state index contributed by atoms with van der Waals surface area (Å²) in [5.74, 6) is 2.34. The summed E-state index contributed by atoms with van der Waals surface area (Å²) in [5.41, 5.74) is 2.56. The van der Waals surface area contributed by atoms with Crippen LogP contribution in [0.5, 0.6) is 11.5 Å². The number of benzene rings is 1. The van der Waals surface area contributed by atoms with Crippen molar-refractivity contribution in [3.63, 3.8) is 0 Å². The third-order valence-electron chi connectivity index (χ3n) is 8.43. The van der Waals surface area contributed by atoms with Crippen LogP contribution < -0.4 is 10.1 Å². The molecule has 8 nitrogen and oxygen atoms in total. The van der Waals surface area contributed by atoms with E-state index in [4.69, 9.17) is 9.47 Å². The van der Waals surface area contributed by atoms with Crippen molar-refractivity contribution in [2.24, 2.45) is 16.8 Å². The molecule has 0 saturated heterocycles. The molecule has 4 unspecified atom stereocenters. The number of phenolic OH excluding ortho intramolecular Hbond substituents is 1. The molecule has 6 N–H and O–H groups in total. The van der Waals surface area contributed by atoms with Gasteiger partial charge in [0.05, 0.1) is 18.1 Å². The number of hydrogen-bond acceptors (Lipinski definition) is 7. The zero-order chi connectivity index (χ0) is 29.2. The van der Waals surface area contributed by atoms with E-state index in [-0.39, 0.29) is 25.1 Å². The van der Waals surface area contributed by atoms with Crippen molar-refractivity contribution in [3.05, 3.63) is 59.2 Å². The van der Waals surface area contributed by atoms with Crippen LogP contribution in [-0.4, -0.2) is 76.0 Å². The summed E-state index contributed by atoms with van der Waals surface area (Å²) >= 11 is 0. The molecule has 2 heterocycles. The second-order valence-corrected chi connectivity index (χ2v) is 11.8. The molecule has 1 saturated carbocycles. The maximum absolute atomic E-state index is 10.9. The van der Waals surface area contributed by atoms with Crippen LogP contribution in [0, 0.1) is 23.9 Å². The molecule has 0 bridgehead atoms. The van der Waals surface area contributed by atoms with Gasteiger partial charge in [-0.15, -0.1) is 16.6 Å². The average Bonchev–Trinajstić information content (AvgIpc) is 3.74. The first-order valence-electron chi connectivity index (χ1n) is 15.4. The molecular weight excluding hydrogens is 520 g/mol. The van der Waals surface area contributed by atoms with E-state index in [1.807, 2.05) is 30.5 Å². The quantitative estimate of drug-likeness (QED) is 0.143. The van der Waals surface area contributed by atoms with E-state index in [0.717, 1.165) is 61.8 Å². The van der Waals surface area contributed by atoms with Crippen molar-refractivity contribution in [2.75, 3.05) is 26.3 Å². The first-order chi connectivity index (χ1) is 19.9. The highest BCUT2D eigenvalue weighted by atomic mass is 16.5. The van der Waals surface area contributed by atoms with E-state index >= 15 is 0 Å². The second-order valence-electron chi connectivity index (χ2n) is 11.8. The molecule has 1 aromatic rings. The van der Waals surface area contributed by atoms with Gasteiger partial charge in [0, 0.05) is 26.1 Å². The van der Waals surface area contributed by atoms with Gasteiger partial charge < -0.3 is 35.2 Å². The fourth-order valence-electron chi connectivity index (χ4n) is 6.07. The van der Waals surface area contributed by atoms with E-state index < -0.39 is 12.2 Å². The van der Waals surface area contributed by atoms with E-state index in [0.29, 0.717) is 29.8 Å². The zero-order valence-electron chi connectivity index (χ0n) is 24.6. The molecule has 1 aromatic carbocycles. The Hall–Kier alpha value is -2.49. The lowest BCUT2D eigenvalue weighted by Gasteiger charge is -2.22. The van der Waals surface area contributed by atoms with Crippen LogP contribution in [0.3, 0.4) is 0 Å². The Balaban J connectivity index is 1.30. The summed E-state index contributed by atoms with van der Waals surface area (Å²) in [6.07, 6.45) is 15.1. The number of nitrogens with one attached hydrogen (secondary N) is 1. The molecule has 0 aromatic heterocycles. The van der Waals surface area contributed by atoms with E-state index in [2.05, 4.69) is 17.2 Å². The molecule has 4 rings (SSSR count). The maximum atomic E-state index is 10.9. The number of nitrogens with zero attached hydrogens (tertiary/aromatic N) is 1. The highest BCUT2D eigenvalue weighted by molar-refractivity contribution is 5.83. The Bertz CT molecular complexity index is 1050. The van der Waals surface area contributed by atoms with Gasteiger partial charge in [0.25, 0.3) is 0 Å². The van der Waals surface area contributed by atoms with Gasteiger partial charge >= 0.3 is 0 Å². The lowest BCUT2D eigenvalue weighted by molar-refractivity contribution is -0.0550. The number of aliphatic hydroxyl groups excluding tert-OH is 3. The molecule has 2 aliphatic heterocycles. The predicted octanol–water partition coefficient (Wildman–Crippen LogP) is 3.94. The van der Waals surface area contributed by atoms with Gasteiger partial charge in [-0.2, -0.15) is 0 Å². The zero-order valence-corrected chi connectivity index (χ0v) is 24.6. The minimum atomic E-state index is -0.920. The number of aromatic hydroxyl groups is 1. The third kappa shape index (κ3) is 9.00. The normalized spacial score (nSPS) is 21.3. The largest absolute Gasteiger partial charge is 0.504 e.